The summed E-state index contributed by atoms with van der Waals surface area (Å²) in [6.07, 6.45) is 1.21. The number of esters is 1. The van der Waals surface area contributed by atoms with Gasteiger partial charge < -0.3 is 10.1 Å². The summed E-state index contributed by atoms with van der Waals surface area (Å²) >= 11 is 1.45. The quantitative estimate of drug-likeness (QED) is 0.777. The van der Waals surface area contributed by atoms with Crippen LogP contribution in [0.1, 0.15) is 66.0 Å². The number of nitrogens with zero attached hydrogens (tertiary/aromatic N) is 3. The van der Waals surface area contributed by atoms with Gasteiger partial charge in [0, 0.05) is 6.20 Å². The lowest BCUT2D eigenvalue weighted by Crippen LogP contribution is -2.41. The number of nitrogens with one attached hydrogen (secondary N) is 1. The number of aryl methyl sites for hydroxylation is 2. The number of carbonyl (C=O) groups excluding carboxylic acids is 2. The average molecular weight is 401 g/mol. The lowest BCUT2D eigenvalue weighted by atomic mass is 9.89. The van der Waals surface area contributed by atoms with Crippen LogP contribution in [0.15, 0.2) is 22.8 Å². The lowest BCUT2D eigenvalue weighted by Gasteiger charge is -2.21. The molecule has 8 heteroatoms. The molecule has 3 rings (SSSR count). The number of hydrogen-bond donors (Lipinski definition) is 1. The van der Waals surface area contributed by atoms with Gasteiger partial charge in [0.25, 0.3) is 5.91 Å². The zero-order valence-electron chi connectivity index (χ0n) is 16.9. The van der Waals surface area contributed by atoms with Crippen molar-refractivity contribution in [2.75, 3.05) is 0 Å². The Morgan fingerprint density at radius 3 is 2.54 bits per heavy atom. The minimum Gasteiger partial charge on any atom is -0.453 e. The van der Waals surface area contributed by atoms with Gasteiger partial charge in [-0.1, -0.05) is 13.8 Å². The number of amidine groups is 1. The Morgan fingerprint density at radius 2 is 1.96 bits per heavy atom. The first kappa shape index (κ1) is 20.1. The van der Waals surface area contributed by atoms with Crippen molar-refractivity contribution < 1.29 is 14.3 Å². The van der Waals surface area contributed by atoms with Crippen molar-refractivity contribution in [1.29, 1.82) is 0 Å². The highest BCUT2D eigenvalue weighted by atomic mass is 32.1. The molecule has 1 amide bonds. The topological polar surface area (TPSA) is 93.5 Å². The molecule has 0 radical (unpaired) electrons. The SMILES string of the molecule is Cc1cnc(C2=NC(C)(C(C)C)C(=O)N2)c(C(=O)OC(C)c2scnc2C)c1. The van der Waals surface area contributed by atoms with Gasteiger partial charge in [0.05, 0.1) is 21.6 Å². The molecule has 0 aliphatic carbocycles. The first-order chi connectivity index (χ1) is 13.1. The molecular weight excluding hydrogens is 376 g/mol. The molecule has 2 atom stereocenters. The van der Waals surface area contributed by atoms with E-state index in [2.05, 4.69) is 20.3 Å². The highest BCUT2D eigenvalue weighted by Crippen LogP contribution is 2.29. The maximum Gasteiger partial charge on any atom is 0.341 e. The number of thiazole rings is 1. The highest BCUT2D eigenvalue weighted by molar-refractivity contribution is 7.09. The third-order valence-corrected chi connectivity index (χ3v) is 6.16. The number of pyridine rings is 1. The zero-order valence-corrected chi connectivity index (χ0v) is 17.7. The Hall–Kier alpha value is -2.61. The maximum absolute atomic E-state index is 12.9. The van der Waals surface area contributed by atoms with Crippen LogP contribution in [0.5, 0.6) is 0 Å². The molecule has 0 aromatic carbocycles. The van der Waals surface area contributed by atoms with E-state index in [4.69, 9.17) is 4.74 Å². The molecule has 7 nitrogen and oxygen atoms in total. The lowest BCUT2D eigenvalue weighted by molar-refractivity contribution is -0.124. The fourth-order valence-electron chi connectivity index (χ4n) is 2.94. The smallest absolute Gasteiger partial charge is 0.341 e. The van der Waals surface area contributed by atoms with Gasteiger partial charge in [-0.2, -0.15) is 0 Å². The van der Waals surface area contributed by atoms with Crippen molar-refractivity contribution >= 4 is 29.0 Å². The first-order valence-corrected chi connectivity index (χ1v) is 10.0. The van der Waals surface area contributed by atoms with E-state index in [1.54, 1.807) is 24.7 Å². The van der Waals surface area contributed by atoms with Crippen molar-refractivity contribution in [2.24, 2.45) is 10.9 Å². The molecule has 1 aliphatic rings. The summed E-state index contributed by atoms with van der Waals surface area (Å²) in [5, 5.41) is 2.78. The highest BCUT2D eigenvalue weighted by Gasteiger charge is 2.43. The van der Waals surface area contributed by atoms with Gasteiger partial charge in [-0.3, -0.25) is 9.78 Å². The summed E-state index contributed by atoms with van der Waals surface area (Å²) in [5.41, 5.74) is 3.09. The van der Waals surface area contributed by atoms with E-state index in [1.165, 1.54) is 11.3 Å². The Kier molecular flexibility index (Phi) is 5.34. The van der Waals surface area contributed by atoms with Crippen molar-refractivity contribution in [3.63, 3.8) is 0 Å². The Bertz CT molecular complexity index is 966. The molecule has 0 saturated carbocycles. The summed E-state index contributed by atoms with van der Waals surface area (Å²) < 4.78 is 5.67. The summed E-state index contributed by atoms with van der Waals surface area (Å²) in [5.74, 6) is -0.413. The van der Waals surface area contributed by atoms with Crippen molar-refractivity contribution in [3.05, 3.63) is 45.2 Å². The fourth-order valence-corrected chi connectivity index (χ4v) is 3.73. The number of ether oxygens (including phenoxy) is 1. The van der Waals surface area contributed by atoms with Crippen LogP contribution in [0.25, 0.3) is 0 Å². The minimum atomic E-state index is -0.893. The third kappa shape index (κ3) is 3.56. The van der Waals surface area contributed by atoms with Crippen LogP contribution >= 0.6 is 11.3 Å². The Balaban J connectivity index is 1.95. The van der Waals surface area contributed by atoms with Crippen LogP contribution in [-0.2, 0) is 9.53 Å². The predicted octanol–water partition coefficient (Wildman–Crippen LogP) is 3.36. The molecular formula is C20H24N4O3S. The number of aliphatic imine (C=N–C) groups is 1. The van der Waals surface area contributed by atoms with Crippen LogP contribution in [0.4, 0.5) is 0 Å². The van der Waals surface area contributed by atoms with E-state index in [-0.39, 0.29) is 17.4 Å². The molecule has 0 saturated heterocycles. The van der Waals surface area contributed by atoms with Gasteiger partial charge in [0.15, 0.2) is 5.84 Å². The van der Waals surface area contributed by atoms with Crippen molar-refractivity contribution in [2.45, 2.75) is 53.2 Å². The number of aromatic nitrogens is 2. The third-order valence-electron chi connectivity index (χ3n) is 5.06. The van der Waals surface area contributed by atoms with E-state index in [0.717, 1.165) is 16.1 Å². The molecule has 2 aromatic rings. The van der Waals surface area contributed by atoms with Crippen LogP contribution in [-0.4, -0.2) is 33.2 Å². The van der Waals surface area contributed by atoms with Crippen LogP contribution in [0.3, 0.4) is 0 Å². The van der Waals surface area contributed by atoms with E-state index in [0.29, 0.717) is 11.5 Å². The van der Waals surface area contributed by atoms with E-state index >= 15 is 0 Å². The van der Waals surface area contributed by atoms with Crippen LogP contribution in [0, 0.1) is 19.8 Å². The second kappa shape index (κ2) is 7.43. The average Bonchev–Trinajstić information content (AvgIpc) is 3.19. The van der Waals surface area contributed by atoms with E-state index in [1.807, 2.05) is 34.6 Å². The molecule has 3 heterocycles. The number of hydrogen-bond acceptors (Lipinski definition) is 7. The normalized spacial score (nSPS) is 20.1. The maximum atomic E-state index is 12.9. The predicted molar refractivity (Wildman–Crippen MR) is 108 cm³/mol. The largest absolute Gasteiger partial charge is 0.453 e. The number of rotatable bonds is 5. The number of carbonyl (C=O) groups is 2. The Labute approximate surface area is 168 Å². The fraction of sp³-hybridized carbons (Fsp3) is 0.450. The summed E-state index contributed by atoms with van der Waals surface area (Å²) in [6, 6.07) is 1.70. The van der Waals surface area contributed by atoms with Gasteiger partial charge in [0.1, 0.15) is 17.3 Å². The molecule has 2 aromatic heterocycles. The standard InChI is InChI=1S/C20H24N4O3S/c1-10(2)20(6)19(26)23-17(24-20)15-14(7-11(3)8-21-15)18(25)27-13(5)16-12(4)22-9-28-16/h7-10,13H,1-6H3,(H,23,24,26). The molecule has 0 fully saturated rings. The first-order valence-electron chi connectivity index (χ1n) is 9.12. The monoisotopic (exact) mass is 400 g/mol. The van der Waals surface area contributed by atoms with Crippen molar-refractivity contribution in [1.82, 2.24) is 15.3 Å². The molecule has 0 spiro atoms. The van der Waals surface area contributed by atoms with E-state index in [9.17, 15) is 9.59 Å². The molecule has 0 bridgehead atoms. The van der Waals surface area contributed by atoms with Gasteiger partial charge >= 0.3 is 5.97 Å². The molecule has 1 aliphatic heterocycles. The summed E-state index contributed by atoms with van der Waals surface area (Å²) in [4.78, 5) is 39.4. The second-order valence-electron chi connectivity index (χ2n) is 7.48. The van der Waals surface area contributed by atoms with Gasteiger partial charge in [0.2, 0.25) is 0 Å². The minimum absolute atomic E-state index is 0.000163. The van der Waals surface area contributed by atoms with Gasteiger partial charge in [-0.15, -0.1) is 11.3 Å². The Morgan fingerprint density at radius 1 is 1.25 bits per heavy atom. The van der Waals surface area contributed by atoms with Gasteiger partial charge in [-0.05, 0) is 45.2 Å². The van der Waals surface area contributed by atoms with E-state index < -0.39 is 17.6 Å². The molecule has 2 unspecified atom stereocenters. The molecule has 148 valence electrons. The summed E-state index contributed by atoms with van der Waals surface area (Å²) in [6.45, 7) is 11.2. The second-order valence-corrected chi connectivity index (χ2v) is 8.36. The van der Waals surface area contributed by atoms with Crippen molar-refractivity contribution in [3.8, 4) is 0 Å². The molecule has 28 heavy (non-hydrogen) atoms. The summed E-state index contributed by atoms with van der Waals surface area (Å²) in [7, 11) is 0. The van der Waals surface area contributed by atoms with Gasteiger partial charge in [-0.25, -0.2) is 14.8 Å². The molecule has 1 N–H and O–H groups in total. The zero-order chi connectivity index (χ0) is 20.6. The number of amides is 1. The van der Waals surface area contributed by atoms with Crippen LogP contribution in [0.2, 0.25) is 0 Å². The van der Waals surface area contributed by atoms with Crippen LogP contribution < -0.4 is 5.32 Å².